The predicted molar refractivity (Wildman–Crippen MR) is 95.8 cm³/mol. The topological polar surface area (TPSA) is 69.1 Å². The third-order valence-corrected chi connectivity index (χ3v) is 6.14. The molecule has 0 radical (unpaired) electrons. The fourth-order valence-electron chi connectivity index (χ4n) is 2.22. The number of benzene rings is 1. The maximum atomic E-state index is 6.28. The molecule has 0 spiro atoms. The molecule has 0 aliphatic heterocycles. The summed E-state index contributed by atoms with van der Waals surface area (Å²) in [5.74, 6) is 2.01. The Kier molecular flexibility index (Phi) is 4.99. The minimum Gasteiger partial charge on any atom is -0.321 e. The molecule has 2 aromatic heterocycles. The fraction of sp³-hybridized carbons (Fsp3) is 0.438. The maximum Gasteiger partial charge on any atom is 0.235 e. The van der Waals surface area contributed by atoms with Crippen LogP contribution in [0.15, 0.2) is 28.6 Å². The highest BCUT2D eigenvalue weighted by Crippen LogP contribution is 2.29. The van der Waals surface area contributed by atoms with Gasteiger partial charge in [0.1, 0.15) is 0 Å². The van der Waals surface area contributed by atoms with Gasteiger partial charge in [-0.2, -0.15) is 4.52 Å². The third kappa shape index (κ3) is 3.57. The standard InChI is InChI=1S/C16H21N5S2/c1-4-11(3)13(17)14-18-19-15-21(14)20-16(23-15)22-9-12-7-5-10(2)6-8-12/h5-8,11,13H,4,9,17H2,1-3H3/t11-,13-/m0/s1. The van der Waals surface area contributed by atoms with Crippen LogP contribution >= 0.6 is 23.1 Å². The van der Waals surface area contributed by atoms with Gasteiger partial charge in [0, 0.05) is 5.75 Å². The Morgan fingerprint density at radius 3 is 2.70 bits per heavy atom. The van der Waals surface area contributed by atoms with E-state index in [0.29, 0.717) is 5.92 Å². The van der Waals surface area contributed by atoms with Crippen molar-refractivity contribution < 1.29 is 0 Å². The first-order valence-corrected chi connectivity index (χ1v) is 9.54. The van der Waals surface area contributed by atoms with Crippen LogP contribution in [0.2, 0.25) is 0 Å². The molecule has 2 N–H and O–H groups in total. The molecule has 0 unspecified atom stereocenters. The molecule has 2 atom stereocenters. The smallest absolute Gasteiger partial charge is 0.235 e. The summed E-state index contributed by atoms with van der Waals surface area (Å²) < 4.78 is 2.80. The molecule has 122 valence electrons. The normalized spacial score (nSPS) is 14.3. The molecular weight excluding hydrogens is 326 g/mol. The quantitative estimate of drug-likeness (QED) is 0.686. The Morgan fingerprint density at radius 1 is 1.26 bits per heavy atom. The van der Waals surface area contributed by atoms with Crippen molar-refractivity contribution in [2.45, 2.75) is 43.3 Å². The average molecular weight is 348 g/mol. The zero-order chi connectivity index (χ0) is 16.4. The molecule has 0 bridgehead atoms. The van der Waals surface area contributed by atoms with E-state index in [9.17, 15) is 0 Å². The minimum absolute atomic E-state index is 0.132. The Bertz CT molecular complexity index is 777. The van der Waals surface area contributed by atoms with E-state index in [-0.39, 0.29) is 6.04 Å². The van der Waals surface area contributed by atoms with Crippen molar-refractivity contribution in [1.82, 2.24) is 19.8 Å². The zero-order valence-electron chi connectivity index (χ0n) is 13.6. The first-order valence-electron chi connectivity index (χ1n) is 7.74. The summed E-state index contributed by atoms with van der Waals surface area (Å²) >= 11 is 3.29. The fourth-order valence-corrected chi connectivity index (χ4v) is 4.06. The molecule has 0 saturated heterocycles. The predicted octanol–water partition coefficient (Wildman–Crippen LogP) is 3.83. The molecule has 0 fully saturated rings. The number of hydrogen-bond acceptors (Lipinski definition) is 6. The van der Waals surface area contributed by atoms with E-state index in [1.165, 1.54) is 11.1 Å². The monoisotopic (exact) mass is 347 g/mol. The summed E-state index contributed by atoms with van der Waals surface area (Å²) in [4.78, 5) is 0.810. The highest BCUT2D eigenvalue weighted by Gasteiger charge is 2.21. The van der Waals surface area contributed by atoms with Gasteiger partial charge in [0.2, 0.25) is 4.96 Å². The lowest BCUT2D eigenvalue weighted by Crippen LogP contribution is -2.21. The lowest BCUT2D eigenvalue weighted by atomic mass is 10.00. The van der Waals surface area contributed by atoms with Crippen LogP contribution in [0.3, 0.4) is 0 Å². The molecule has 0 aliphatic carbocycles. The maximum absolute atomic E-state index is 6.28. The molecule has 0 saturated carbocycles. The van der Waals surface area contributed by atoms with Crippen LogP contribution < -0.4 is 5.73 Å². The number of fused-ring (bicyclic) bond motifs is 1. The van der Waals surface area contributed by atoms with Crippen molar-refractivity contribution in [2.24, 2.45) is 11.7 Å². The van der Waals surface area contributed by atoms with E-state index in [1.54, 1.807) is 27.6 Å². The lowest BCUT2D eigenvalue weighted by molar-refractivity contribution is 0.431. The first-order chi connectivity index (χ1) is 11.1. The van der Waals surface area contributed by atoms with Crippen LogP contribution in [-0.4, -0.2) is 19.8 Å². The second-order valence-electron chi connectivity index (χ2n) is 5.81. The molecule has 23 heavy (non-hydrogen) atoms. The summed E-state index contributed by atoms with van der Waals surface area (Å²) in [6.07, 6.45) is 1.01. The number of hydrogen-bond donors (Lipinski definition) is 1. The van der Waals surface area contributed by atoms with E-state index in [1.807, 2.05) is 0 Å². The van der Waals surface area contributed by atoms with Crippen LogP contribution in [0.5, 0.6) is 0 Å². The highest BCUT2D eigenvalue weighted by atomic mass is 32.2. The van der Waals surface area contributed by atoms with Gasteiger partial charge in [0.05, 0.1) is 6.04 Å². The van der Waals surface area contributed by atoms with Crippen molar-refractivity contribution in [1.29, 1.82) is 0 Å². The molecule has 0 amide bonds. The van der Waals surface area contributed by atoms with Crippen LogP contribution in [0.4, 0.5) is 0 Å². The Labute approximate surface area is 144 Å². The van der Waals surface area contributed by atoms with Gasteiger partial charge >= 0.3 is 0 Å². The van der Waals surface area contributed by atoms with Gasteiger partial charge in [0.15, 0.2) is 10.2 Å². The van der Waals surface area contributed by atoms with Gasteiger partial charge in [-0.3, -0.25) is 0 Å². The van der Waals surface area contributed by atoms with E-state index in [4.69, 9.17) is 5.73 Å². The molecule has 1 aromatic carbocycles. The number of nitrogens with zero attached hydrogens (tertiary/aromatic N) is 4. The van der Waals surface area contributed by atoms with E-state index >= 15 is 0 Å². The molecule has 3 aromatic rings. The van der Waals surface area contributed by atoms with Crippen LogP contribution in [0.25, 0.3) is 4.96 Å². The van der Waals surface area contributed by atoms with E-state index < -0.39 is 0 Å². The number of aromatic nitrogens is 4. The van der Waals surface area contributed by atoms with Gasteiger partial charge in [0.25, 0.3) is 0 Å². The number of rotatable bonds is 6. The van der Waals surface area contributed by atoms with Crippen molar-refractivity contribution in [3.05, 3.63) is 41.2 Å². The molecule has 2 heterocycles. The van der Waals surface area contributed by atoms with Gasteiger partial charge < -0.3 is 5.73 Å². The van der Waals surface area contributed by atoms with Gasteiger partial charge in [-0.15, -0.1) is 15.3 Å². The van der Waals surface area contributed by atoms with Gasteiger partial charge in [-0.25, -0.2) is 0 Å². The molecule has 3 rings (SSSR count). The van der Waals surface area contributed by atoms with Crippen LogP contribution in [0.1, 0.15) is 43.3 Å². The van der Waals surface area contributed by atoms with Crippen molar-refractivity contribution in [3.8, 4) is 0 Å². The zero-order valence-corrected chi connectivity index (χ0v) is 15.2. The van der Waals surface area contributed by atoms with Crippen LogP contribution in [0, 0.1) is 12.8 Å². The summed E-state index contributed by atoms with van der Waals surface area (Å²) in [6.45, 7) is 6.36. The molecule has 7 heteroatoms. The lowest BCUT2D eigenvalue weighted by Gasteiger charge is -2.15. The second-order valence-corrected chi connectivity index (χ2v) is 7.98. The molecule has 0 aliphatic rings. The number of thioether (sulfide) groups is 1. The summed E-state index contributed by atoms with van der Waals surface area (Å²) in [6, 6.07) is 8.46. The first kappa shape index (κ1) is 16.4. The van der Waals surface area contributed by atoms with E-state index in [2.05, 4.69) is 60.3 Å². The highest BCUT2D eigenvalue weighted by molar-refractivity contribution is 8.00. The van der Waals surface area contributed by atoms with Gasteiger partial charge in [-0.1, -0.05) is 73.2 Å². The minimum atomic E-state index is -0.132. The van der Waals surface area contributed by atoms with Crippen LogP contribution in [-0.2, 0) is 5.75 Å². The molecular formula is C16H21N5S2. The number of aryl methyl sites for hydroxylation is 1. The van der Waals surface area contributed by atoms with Crippen molar-refractivity contribution >= 4 is 28.1 Å². The third-order valence-electron chi connectivity index (χ3n) is 4.03. The average Bonchev–Trinajstić information content (AvgIpc) is 3.13. The molecule has 5 nitrogen and oxygen atoms in total. The summed E-state index contributed by atoms with van der Waals surface area (Å²) in [5, 5.41) is 13.1. The van der Waals surface area contributed by atoms with Gasteiger partial charge in [-0.05, 0) is 18.4 Å². The Hall–Kier alpha value is -1.44. The summed E-state index contributed by atoms with van der Waals surface area (Å²) in [7, 11) is 0. The Balaban J connectivity index is 1.75. The largest absolute Gasteiger partial charge is 0.321 e. The summed E-state index contributed by atoms with van der Waals surface area (Å²) in [5.41, 5.74) is 8.86. The van der Waals surface area contributed by atoms with E-state index in [0.717, 1.165) is 27.3 Å². The Morgan fingerprint density at radius 2 is 2.00 bits per heavy atom. The van der Waals surface area contributed by atoms with Crippen molar-refractivity contribution in [2.75, 3.05) is 0 Å². The van der Waals surface area contributed by atoms with Crippen molar-refractivity contribution in [3.63, 3.8) is 0 Å². The SMILES string of the molecule is CC[C@H](C)[C@H](N)c1nnc2sc(SCc3ccc(C)cc3)nn12. The number of nitrogens with two attached hydrogens (primary N) is 1. The second kappa shape index (κ2) is 6.98.